The Balaban J connectivity index is 1.68. The van der Waals surface area contributed by atoms with Crippen LogP contribution in [0.2, 0.25) is 0 Å². The van der Waals surface area contributed by atoms with Gasteiger partial charge < -0.3 is 5.32 Å². The van der Waals surface area contributed by atoms with Gasteiger partial charge in [-0.2, -0.15) is 0 Å². The van der Waals surface area contributed by atoms with Crippen LogP contribution in [0.3, 0.4) is 0 Å². The van der Waals surface area contributed by atoms with Crippen LogP contribution in [0.4, 0.5) is 0 Å². The Morgan fingerprint density at radius 1 is 1.42 bits per heavy atom. The predicted octanol–water partition coefficient (Wildman–Crippen LogP) is 0.865. The van der Waals surface area contributed by atoms with Gasteiger partial charge in [-0.1, -0.05) is 6.92 Å². The molecule has 0 bridgehead atoms. The van der Waals surface area contributed by atoms with Crippen molar-refractivity contribution in [3.05, 3.63) is 30.1 Å². The average Bonchev–Trinajstić information content (AvgIpc) is 2.40. The summed E-state index contributed by atoms with van der Waals surface area (Å²) in [5, 5.41) is 2.94. The maximum Gasteiger partial charge on any atom is 0.220 e. The van der Waals surface area contributed by atoms with Gasteiger partial charge in [-0.15, -0.1) is 0 Å². The zero-order valence-electron chi connectivity index (χ0n) is 11.1. The first-order valence-electron chi connectivity index (χ1n) is 6.64. The zero-order valence-corrected chi connectivity index (χ0v) is 11.1. The number of likely N-dealkylation sites (tertiary alicyclic amines) is 1. The average molecular weight is 261 g/mol. The maximum absolute atomic E-state index is 11.8. The molecule has 5 nitrogen and oxygen atoms in total. The standard InChI is InChI=1S/C14H19N3O2/c1-2-17-9-12(10-17)16-14(19)6-5-13(18)11-4-3-7-15-8-11/h3-4,7-8,12H,2,5-6,9-10H2,1H3,(H,16,19). The van der Waals surface area contributed by atoms with Crippen molar-refractivity contribution in [1.82, 2.24) is 15.2 Å². The van der Waals surface area contributed by atoms with Crippen molar-refractivity contribution < 1.29 is 9.59 Å². The first-order valence-corrected chi connectivity index (χ1v) is 6.64. The molecule has 19 heavy (non-hydrogen) atoms. The molecule has 0 atom stereocenters. The first kappa shape index (κ1) is 13.7. The highest BCUT2D eigenvalue weighted by Crippen LogP contribution is 2.08. The van der Waals surface area contributed by atoms with Gasteiger partial charge in [0.25, 0.3) is 0 Å². The second-order valence-corrected chi connectivity index (χ2v) is 4.78. The fourth-order valence-electron chi connectivity index (χ4n) is 2.12. The molecule has 1 N–H and O–H groups in total. The molecule has 2 heterocycles. The fraction of sp³-hybridized carbons (Fsp3) is 0.500. The Kier molecular flexibility index (Phi) is 4.63. The monoisotopic (exact) mass is 261 g/mol. The number of pyridine rings is 1. The lowest BCUT2D eigenvalue weighted by Gasteiger charge is -2.38. The molecule has 1 amide bonds. The van der Waals surface area contributed by atoms with Crippen molar-refractivity contribution in [2.45, 2.75) is 25.8 Å². The number of hydrogen-bond acceptors (Lipinski definition) is 4. The molecule has 1 aromatic rings. The van der Waals surface area contributed by atoms with Crippen molar-refractivity contribution in [1.29, 1.82) is 0 Å². The van der Waals surface area contributed by atoms with Crippen molar-refractivity contribution >= 4 is 11.7 Å². The molecule has 1 aromatic heterocycles. The third-order valence-corrected chi connectivity index (χ3v) is 3.33. The van der Waals surface area contributed by atoms with E-state index in [0.717, 1.165) is 19.6 Å². The molecule has 1 saturated heterocycles. The summed E-state index contributed by atoms with van der Waals surface area (Å²) in [6.07, 6.45) is 3.64. The van der Waals surface area contributed by atoms with Gasteiger partial charge in [-0.3, -0.25) is 19.5 Å². The normalized spacial score (nSPS) is 15.8. The highest BCUT2D eigenvalue weighted by Gasteiger charge is 2.26. The number of carbonyl (C=O) groups excluding carboxylic acids is 2. The fourth-order valence-corrected chi connectivity index (χ4v) is 2.12. The molecule has 1 fully saturated rings. The maximum atomic E-state index is 11.8. The van der Waals surface area contributed by atoms with E-state index in [9.17, 15) is 9.59 Å². The number of nitrogens with zero attached hydrogens (tertiary/aromatic N) is 2. The number of hydrogen-bond donors (Lipinski definition) is 1. The van der Waals surface area contributed by atoms with Gasteiger partial charge in [0.15, 0.2) is 5.78 Å². The molecule has 0 saturated carbocycles. The molecule has 0 aliphatic carbocycles. The summed E-state index contributed by atoms with van der Waals surface area (Å²) in [7, 11) is 0. The summed E-state index contributed by atoms with van der Waals surface area (Å²) in [4.78, 5) is 29.6. The number of likely N-dealkylation sites (N-methyl/N-ethyl adjacent to an activating group) is 1. The molecule has 0 unspecified atom stereocenters. The minimum Gasteiger partial charge on any atom is -0.351 e. The van der Waals surface area contributed by atoms with E-state index in [1.165, 1.54) is 6.20 Å². The van der Waals surface area contributed by atoms with Gasteiger partial charge in [-0.05, 0) is 18.7 Å². The molecule has 102 valence electrons. The molecule has 1 aliphatic rings. The van der Waals surface area contributed by atoms with Crippen molar-refractivity contribution in [3.63, 3.8) is 0 Å². The molecule has 5 heteroatoms. The molecule has 2 rings (SSSR count). The van der Waals surface area contributed by atoms with Crippen LogP contribution in [0.5, 0.6) is 0 Å². The Hall–Kier alpha value is -1.75. The highest BCUT2D eigenvalue weighted by atomic mass is 16.2. The van der Waals surface area contributed by atoms with E-state index >= 15 is 0 Å². The molecular weight excluding hydrogens is 242 g/mol. The lowest BCUT2D eigenvalue weighted by molar-refractivity contribution is -0.122. The molecule has 0 aromatic carbocycles. The second-order valence-electron chi connectivity index (χ2n) is 4.78. The van der Waals surface area contributed by atoms with E-state index in [0.29, 0.717) is 5.56 Å². The van der Waals surface area contributed by atoms with Crippen molar-refractivity contribution in [2.75, 3.05) is 19.6 Å². The van der Waals surface area contributed by atoms with Crippen LogP contribution < -0.4 is 5.32 Å². The van der Waals surface area contributed by atoms with Crippen LogP contribution in [0.15, 0.2) is 24.5 Å². The number of carbonyl (C=O) groups is 2. The van der Waals surface area contributed by atoms with E-state index in [1.54, 1.807) is 18.3 Å². The van der Waals surface area contributed by atoms with Crippen LogP contribution >= 0.6 is 0 Å². The number of ketones is 1. The summed E-state index contributed by atoms with van der Waals surface area (Å²) in [5.74, 6) is -0.0787. The summed E-state index contributed by atoms with van der Waals surface area (Å²) in [6, 6.07) is 3.69. The minimum atomic E-state index is -0.0435. The third kappa shape index (κ3) is 3.86. The van der Waals surface area contributed by atoms with E-state index in [2.05, 4.69) is 22.1 Å². The lowest BCUT2D eigenvalue weighted by atomic mass is 10.1. The number of nitrogens with one attached hydrogen (secondary N) is 1. The molecule has 1 aliphatic heterocycles. The first-order chi connectivity index (χ1) is 9.19. The van der Waals surface area contributed by atoms with Gasteiger partial charge in [0, 0.05) is 43.9 Å². The molecular formula is C14H19N3O2. The van der Waals surface area contributed by atoms with E-state index in [1.807, 2.05) is 0 Å². The smallest absolute Gasteiger partial charge is 0.220 e. The minimum absolute atomic E-state index is 0.0351. The quantitative estimate of drug-likeness (QED) is 0.772. The SMILES string of the molecule is CCN1CC(NC(=O)CCC(=O)c2cccnc2)C1. The lowest BCUT2D eigenvalue weighted by Crippen LogP contribution is -2.58. The van der Waals surface area contributed by atoms with Crippen LogP contribution in [0, 0.1) is 0 Å². The Morgan fingerprint density at radius 2 is 2.21 bits per heavy atom. The van der Waals surface area contributed by atoms with Crippen molar-refractivity contribution in [2.24, 2.45) is 0 Å². The van der Waals surface area contributed by atoms with E-state index in [-0.39, 0.29) is 30.6 Å². The summed E-state index contributed by atoms with van der Waals surface area (Å²) in [5.41, 5.74) is 0.566. The topological polar surface area (TPSA) is 62.3 Å². The Bertz CT molecular complexity index is 441. The van der Waals surface area contributed by atoms with Crippen LogP contribution in [-0.2, 0) is 4.79 Å². The Morgan fingerprint density at radius 3 is 2.84 bits per heavy atom. The number of Topliss-reactive ketones (excluding diaryl/α,β-unsaturated/α-hetero) is 1. The summed E-state index contributed by atoms with van der Waals surface area (Å²) < 4.78 is 0. The zero-order chi connectivity index (χ0) is 13.7. The number of amides is 1. The largest absolute Gasteiger partial charge is 0.351 e. The van der Waals surface area contributed by atoms with Gasteiger partial charge in [0.2, 0.25) is 5.91 Å². The van der Waals surface area contributed by atoms with Gasteiger partial charge in [0.1, 0.15) is 0 Å². The predicted molar refractivity (Wildman–Crippen MR) is 71.8 cm³/mol. The van der Waals surface area contributed by atoms with E-state index in [4.69, 9.17) is 0 Å². The van der Waals surface area contributed by atoms with Crippen LogP contribution in [-0.4, -0.2) is 47.3 Å². The van der Waals surface area contributed by atoms with Crippen LogP contribution in [0.1, 0.15) is 30.1 Å². The third-order valence-electron chi connectivity index (χ3n) is 3.33. The van der Waals surface area contributed by atoms with Crippen molar-refractivity contribution in [3.8, 4) is 0 Å². The number of rotatable bonds is 6. The number of aromatic nitrogens is 1. The Labute approximate surface area is 113 Å². The molecule has 0 spiro atoms. The second kappa shape index (κ2) is 6.43. The summed E-state index contributed by atoms with van der Waals surface area (Å²) >= 11 is 0. The van der Waals surface area contributed by atoms with Gasteiger partial charge in [0.05, 0.1) is 6.04 Å². The highest BCUT2D eigenvalue weighted by molar-refractivity contribution is 5.97. The van der Waals surface area contributed by atoms with Gasteiger partial charge in [-0.25, -0.2) is 0 Å². The molecule has 0 radical (unpaired) electrons. The van der Waals surface area contributed by atoms with E-state index < -0.39 is 0 Å². The van der Waals surface area contributed by atoms with Crippen LogP contribution in [0.25, 0.3) is 0 Å². The summed E-state index contributed by atoms with van der Waals surface area (Å²) in [6.45, 7) is 4.95. The van der Waals surface area contributed by atoms with Gasteiger partial charge >= 0.3 is 0 Å².